The minimum atomic E-state index is -3.73. The third kappa shape index (κ3) is 3.22. The summed E-state index contributed by atoms with van der Waals surface area (Å²) in [5.74, 6) is -0.720. The fourth-order valence-electron chi connectivity index (χ4n) is 1.17. The molecule has 0 radical (unpaired) electrons. The zero-order valence-electron chi connectivity index (χ0n) is 9.33. The number of carbonyl (C=O) groups is 1. The van der Waals surface area contributed by atoms with Crippen molar-refractivity contribution >= 4 is 15.9 Å². The second kappa shape index (κ2) is 5.21. The Hall–Kier alpha value is -1.51. The number of aromatic nitrogens is 1. The summed E-state index contributed by atoms with van der Waals surface area (Å²) in [5, 5.41) is 0. The van der Waals surface area contributed by atoms with Gasteiger partial charge >= 0.3 is 0 Å². The molecule has 0 aliphatic heterocycles. The van der Waals surface area contributed by atoms with Crippen LogP contribution in [-0.4, -0.2) is 37.2 Å². The van der Waals surface area contributed by atoms with E-state index < -0.39 is 15.9 Å². The van der Waals surface area contributed by atoms with Crippen LogP contribution >= 0.6 is 0 Å². The van der Waals surface area contributed by atoms with Crippen LogP contribution in [0.25, 0.3) is 0 Å². The molecule has 1 amide bonds. The molecule has 0 bridgehead atoms. The van der Waals surface area contributed by atoms with Gasteiger partial charge in [0.15, 0.2) is 0 Å². The van der Waals surface area contributed by atoms with Crippen LogP contribution in [0.3, 0.4) is 0 Å². The number of amides is 1. The molecule has 0 aliphatic rings. The van der Waals surface area contributed by atoms with E-state index in [4.69, 9.17) is 11.5 Å². The zero-order valence-corrected chi connectivity index (χ0v) is 10.1. The summed E-state index contributed by atoms with van der Waals surface area (Å²) in [6.07, 6.45) is 1.20. The fraction of sp³-hybridized carbons (Fsp3) is 0.333. The molecule has 0 saturated heterocycles. The van der Waals surface area contributed by atoms with Crippen LogP contribution < -0.4 is 11.5 Å². The van der Waals surface area contributed by atoms with Gasteiger partial charge in [-0.1, -0.05) is 0 Å². The SMILES string of the molecule is CN(CC(N)=O)S(=O)(=O)c1ccc(CN)nc1. The number of hydrogen-bond donors (Lipinski definition) is 2. The molecule has 4 N–H and O–H groups in total. The molecule has 8 heteroatoms. The molecular weight excluding hydrogens is 244 g/mol. The second-order valence-corrected chi connectivity index (χ2v) is 5.46. The van der Waals surface area contributed by atoms with Crippen molar-refractivity contribution in [1.29, 1.82) is 0 Å². The standard InChI is InChI=1S/C9H14N4O3S/c1-13(6-9(11)14)17(15,16)8-3-2-7(4-10)12-5-8/h2-3,5H,4,6,10H2,1H3,(H2,11,14). The van der Waals surface area contributed by atoms with Gasteiger partial charge in [-0.15, -0.1) is 0 Å². The van der Waals surface area contributed by atoms with Crippen LogP contribution in [0.4, 0.5) is 0 Å². The van der Waals surface area contributed by atoms with Crippen molar-refractivity contribution in [2.75, 3.05) is 13.6 Å². The van der Waals surface area contributed by atoms with Gasteiger partial charge in [-0.25, -0.2) is 8.42 Å². The molecule has 7 nitrogen and oxygen atoms in total. The molecule has 0 aliphatic carbocycles. The minimum absolute atomic E-state index is 0.00144. The number of pyridine rings is 1. The monoisotopic (exact) mass is 258 g/mol. The predicted molar refractivity (Wildman–Crippen MR) is 61.1 cm³/mol. The number of sulfonamides is 1. The number of primary amides is 1. The lowest BCUT2D eigenvalue weighted by Crippen LogP contribution is -2.35. The predicted octanol–water partition coefficient (Wildman–Crippen LogP) is -1.35. The first-order valence-corrected chi connectivity index (χ1v) is 6.21. The summed E-state index contributed by atoms with van der Waals surface area (Å²) in [4.78, 5) is 14.5. The fourth-order valence-corrected chi connectivity index (χ4v) is 2.25. The Morgan fingerprint density at radius 2 is 2.12 bits per heavy atom. The van der Waals surface area contributed by atoms with Crippen LogP contribution in [0.5, 0.6) is 0 Å². The van der Waals surface area contributed by atoms with E-state index in [9.17, 15) is 13.2 Å². The van der Waals surface area contributed by atoms with E-state index in [1.807, 2.05) is 0 Å². The van der Waals surface area contributed by atoms with Crippen molar-refractivity contribution in [1.82, 2.24) is 9.29 Å². The highest BCUT2D eigenvalue weighted by Crippen LogP contribution is 2.12. The Balaban J connectivity index is 3.00. The average molecular weight is 258 g/mol. The number of carbonyl (C=O) groups excluding carboxylic acids is 1. The Morgan fingerprint density at radius 3 is 2.53 bits per heavy atom. The van der Waals surface area contributed by atoms with E-state index in [1.165, 1.54) is 25.4 Å². The molecule has 0 fully saturated rings. The summed E-state index contributed by atoms with van der Waals surface area (Å²) < 4.78 is 24.7. The average Bonchev–Trinajstić information content (AvgIpc) is 2.28. The first-order valence-electron chi connectivity index (χ1n) is 4.77. The van der Waals surface area contributed by atoms with Gasteiger partial charge in [0.25, 0.3) is 0 Å². The van der Waals surface area contributed by atoms with Gasteiger partial charge in [0.2, 0.25) is 15.9 Å². The summed E-state index contributed by atoms with van der Waals surface area (Å²) >= 11 is 0. The summed E-state index contributed by atoms with van der Waals surface area (Å²) in [5.41, 5.74) is 10.9. The number of nitrogens with zero attached hydrogens (tertiary/aromatic N) is 2. The highest BCUT2D eigenvalue weighted by molar-refractivity contribution is 7.89. The maximum atomic E-state index is 11.9. The molecule has 0 atom stereocenters. The maximum Gasteiger partial charge on any atom is 0.244 e. The molecule has 1 heterocycles. The van der Waals surface area contributed by atoms with Crippen LogP contribution in [0, 0.1) is 0 Å². The highest BCUT2D eigenvalue weighted by Gasteiger charge is 2.22. The molecule has 0 saturated carbocycles. The summed E-state index contributed by atoms with van der Waals surface area (Å²) in [6, 6.07) is 2.91. The number of rotatable bonds is 5. The molecule has 1 aromatic rings. The minimum Gasteiger partial charge on any atom is -0.369 e. The second-order valence-electron chi connectivity index (χ2n) is 3.42. The Bertz CT molecular complexity index is 497. The number of nitrogens with two attached hydrogens (primary N) is 2. The van der Waals surface area contributed by atoms with Gasteiger partial charge in [0.05, 0.1) is 12.2 Å². The van der Waals surface area contributed by atoms with E-state index in [2.05, 4.69) is 4.98 Å². The van der Waals surface area contributed by atoms with Crippen LogP contribution in [0.15, 0.2) is 23.2 Å². The Kier molecular flexibility index (Phi) is 4.16. The van der Waals surface area contributed by atoms with E-state index in [-0.39, 0.29) is 18.0 Å². The number of likely N-dealkylation sites (N-methyl/N-ethyl adjacent to an activating group) is 1. The van der Waals surface area contributed by atoms with Crippen molar-refractivity contribution in [2.45, 2.75) is 11.4 Å². The zero-order chi connectivity index (χ0) is 13.1. The lowest BCUT2D eigenvalue weighted by molar-refractivity contribution is -0.118. The third-order valence-corrected chi connectivity index (χ3v) is 3.88. The van der Waals surface area contributed by atoms with Gasteiger partial charge in [-0.3, -0.25) is 9.78 Å². The van der Waals surface area contributed by atoms with Crippen LogP contribution in [0.2, 0.25) is 0 Å². The molecule has 94 valence electrons. The maximum absolute atomic E-state index is 11.9. The van der Waals surface area contributed by atoms with Gasteiger partial charge in [0.1, 0.15) is 4.90 Å². The van der Waals surface area contributed by atoms with Gasteiger partial charge in [-0.2, -0.15) is 4.31 Å². The van der Waals surface area contributed by atoms with Gasteiger partial charge in [0, 0.05) is 19.8 Å². The molecule has 17 heavy (non-hydrogen) atoms. The third-order valence-electron chi connectivity index (χ3n) is 2.09. The van der Waals surface area contributed by atoms with Crippen molar-refractivity contribution < 1.29 is 13.2 Å². The smallest absolute Gasteiger partial charge is 0.244 e. The van der Waals surface area contributed by atoms with E-state index in [0.717, 1.165) is 4.31 Å². The van der Waals surface area contributed by atoms with Gasteiger partial charge < -0.3 is 11.5 Å². The normalized spacial score (nSPS) is 11.7. The van der Waals surface area contributed by atoms with Crippen LogP contribution in [0.1, 0.15) is 5.69 Å². The van der Waals surface area contributed by atoms with E-state index >= 15 is 0 Å². The molecule has 1 rings (SSSR count). The Labute approximate surface area is 99.5 Å². The Morgan fingerprint density at radius 1 is 1.47 bits per heavy atom. The van der Waals surface area contributed by atoms with Gasteiger partial charge in [-0.05, 0) is 12.1 Å². The quantitative estimate of drug-likeness (QED) is 0.676. The molecular formula is C9H14N4O3S. The van der Waals surface area contributed by atoms with E-state index in [0.29, 0.717) is 5.69 Å². The lowest BCUT2D eigenvalue weighted by atomic mass is 10.4. The molecule has 0 aromatic carbocycles. The van der Waals surface area contributed by atoms with E-state index in [1.54, 1.807) is 0 Å². The highest BCUT2D eigenvalue weighted by atomic mass is 32.2. The number of hydrogen-bond acceptors (Lipinski definition) is 5. The van der Waals surface area contributed by atoms with Crippen molar-refractivity contribution in [3.8, 4) is 0 Å². The summed E-state index contributed by atoms with van der Waals surface area (Å²) in [7, 11) is -2.46. The lowest BCUT2D eigenvalue weighted by Gasteiger charge is -2.15. The first-order chi connectivity index (χ1) is 7.87. The summed E-state index contributed by atoms with van der Waals surface area (Å²) in [6.45, 7) is -0.140. The molecule has 0 unspecified atom stereocenters. The van der Waals surface area contributed by atoms with Crippen molar-refractivity contribution in [3.63, 3.8) is 0 Å². The first kappa shape index (κ1) is 13.6. The molecule has 0 spiro atoms. The van der Waals surface area contributed by atoms with Crippen LogP contribution in [-0.2, 0) is 21.4 Å². The largest absolute Gasteiger partial charge is 0.369 e. The van der Waals surface area contributed by atoms with Crippen molar-refractivity contribution in [3.05, 3.63) is 24.0 Å². The molecule has 1 aromatic heterocycles. The van der Waals surface area contributed by atoms with Crippen molar-refractivity contribution in [2.24, 2.45) is 11.5 Å². The topological polar surface area (TPSA) is 119 Å².